The fraction of sp³-hybridized carbons (Fsp3) is 0.250. The van der Waals surface area contributed by atoms with Crippen LogP contribution in [0.15, 0.2) is 18.2 Å². The number of halogens is 2. The van der Waals surface area contributed by atoms with Gasteiger partial charge in [-0.2, -0.15) is 0 Å². The summed E-state index contributed by atoms with van der Waals surface area (Å²) >= 11 is 11.7. The van der Waals surface area contributed by atoms with E-state index < -0.39 is 15.3 Å². The van der Waals surface area contributed by atoms with Crippen molar-refractivity contribution >= 4 is 33.2 Å². The summed E-state index contributed by atoms with van der Waals surface area (Å²) in [6.45, 7) is 1.45. The lowest BCUT2D eigenvalue weighted by Gasteiger charge is -2.12. The van der Waals surface area contributed by atoms with Gasteiger partial charge in [0.25, 0.3) is 0 Å². The molecule has 2 N–H and O–H groups in total. The minimum atomic E-state index is -3.67. The molecule has 1 atom stereocenters. The highest BCUT2D eigenvalue weighted by Gasteiger charge is 2.22. The number of benzene rings is 1. The number of hydrogen-bond donors (Lipinski definition) is 1. The van der Waals surface area contributed by atoms with Gasteiger partial charge < -0.3 is 0 Å². The van der Waals surface area contributed by atoms with Crippen LogP contribution in [0, 0.1) is 0 Å². The van der Waals surface area contributed by atoms with Crippen LogP contribution in [0.3, 0.4) is 0 Å². The van der Waals surface area contributed by atoms with Crippen molar-refractivity contribution in [2.45, 2.75) is 12.2 Å². The van der Waals surface area contributed by atoms with Gasteiger partial charge in [0.2, 0.25) is 10.0 Å². The van der Waals surface area contributed by atoms with Gasteiger partial charge in [-0.3, -0.25) is 0 Å². The topological polar surface area (TPSA) is 60.2 Å². The van der Waals surface area contributed by atoms with Gasteiger partial charge in [0.1, 0.15) is 5.25 Å². The van der Waals surface area contributed by atoms with Crippen LogP contribution in [0.5, 0.6) is 0 Å². The third-order valence-corrected chi connectivity index (χ3v) is 3.78. The fourth-order valence-electron chi connectivity index (χ4n) is 1.06. The van der Waals surface area contributed by atoms with Gasteiger partial charge in [-0.25, -0.2) is 13.6 Å². The minimum absolute atomic E-state index is 0.305. The van der Waals surface area contributed by atoms with Gasteiger partial charge in [0, 0.05) is 15.6 Å². The molecule has 0 amide bonds. The first-order valence-electron chi connectivity index (χ1n) is 3.79. The lowest BCUT2D eigenvalue weighted by Crippen LogP contribution is -2.19. The van der Waals surface area contributed by atoms with Gasteiger partial charge in [-0.15, -0.1) is 0 Å². The predicted octanol–water partition coefficient (Wildman–Crippen LogP) is 2.34. The first-order valence-corrected chi connectivity index (χ1v) is 6.16. The summed E-state index contributed by atoms with van der Waals surface area (Å²) in [6, 6.07) is 4.79. The molecule has 1 aromatic rings. The lowest BCUT2D eigenvalue weighted by atomic mass is 10.2. The second-order valence-corrected chi connectivity index (χ2v) is 5.57. The molecule has 0 spiro atoms. The summed E-state index contributed by atoms with van der Waals surface area (Å²) in [5, 5.41) is 4.71. The minimum Gasteiger partial charge on any atom is -0.228 e. The standard InChI is InChI=1S/C8H9Cl2NO2S/c1-5(14(11,12)13)8-6(9)3-2-4-7(8)10/h2-5H,1H3,(H2,11,12,13)/t5-/m1/s1. The maximum Gasteiger partial charge on any atom is 0.215 e. The molecule has 3 nitrogen and oxygen atoms in total. The zero-order chi connectivity index (χ0) is 10.9. The van der Waals surface area contributed by atoms with Crippen molar-refractivity contribution in [2.24, 2.45) is 5.14 Å². The number of hydrogen-bond acceptors (Lipinski definition) is 2. The van der Waals surface area contributed by atoms with E-state index in [1.807, 2.05) is 0 Å². The molecule has 0 saturated heterocycles. The van der Waals surface area contributed by atoms with Crippen LogP contribution in [0.2, 0.25) is 10.0 Å². The van der Waals surface area contributed by atoms with Gasteiger partial charge in [0.05, 0.1) is 0 Å². The molecule has 0 aliphatic heterocycles. The molecular weight excluding hydrogens is 245 g/mol. The van der Waals surface area contributed by atoms with Crippen molar-refractivity contribution in [2.75, 3.05) is 0 Å². The Bertz CT molecular complexity index is 424. The third kappa shape index (κ3) is 2.39. The summed E-state index contributed by atoms with van der Waals surface area (Å²) in [6.07, 6.45) is 0. The van der Waals surface area contributed by atoms with E-state index in [1.54, 1.807) is 18.2 Å². The van der Waals surface area contributed by atoms with Crippen LogP contribution in [0.25, 0.3) is 0 Å². The highest BCUT2D eigenvalue weighted by molar-refractivity contribution is 7.89. The average Bonchev–Trinajstić information content (AvgIpc) is 2.01. The Morgan fingerprint density at radius 3 is 2.07 bits per heavy atom. The quantitative estimate of drug-likeness (QED) is 0.880. The molecule has 0 fully saturated rings. The van der Waals surface area contributed by atoms with E-state index in [2.05, 4.69) is 0 Å². The number of sulfonamides is 1. The molecule has 0 radical (unpaired) electrons. The first kappa shape index (κ1) is 11.8. The first-order chi connectivity index (χ1) is 6.34. The van der Waals surface area contributed by atoms with Crippen molar-refractivity contribution in [1.29, 1.82) is 0 Å². The summed E-state index contributed by atoms with van der Waals surface area (Å²) in [5.41, 5.74) is 0.346. The molecule has 1 rings (SSSR count). The van der Waals surface area contributed by atoms with Crippen LogP contribution in [-0.2, 0) is 10.0 Å². The summed E-state index contributed by atoms with van der Waals surface area (Å²) in [4.78, 5) is 0. The van der Waals surface area contributed by atoms with Crippen molar-refractivity contribution in [3.05, 3.63) is 33.8 Å². The Morgan fingerprint density at radius 2 is 1.71 bits per heavy atom. The molecule has 0 heterocycles. The van der Waals surface area contributed by atoms with Gasteiger partial charge in [0.15, 0.2) is 0 Å². The van der Waals surface area contributed by atoms with E-state index >= 15 is 0 Å². The Kier molecular flexibility index (Phi) is 3.42. The fourth-order valence-corrected chi connectivity index (χ4v) is 2.50. The van der Waals surface area contributed by atoms with Crippen LogP contribution in [0.4, 0.5) is 0 Å². The zero-order valence-electron chi connectivity index (χ0n) is 7.37. The molecular formula is C8H9Cl2NO2S. The molecule has 78 valence electrons. The molecule has 0 saturated carbocycles. The molecule has 0 bridgehead atoms. The Balaban J connectivity index is 3.33. The second kappa shape index (κ2) is 4.06. The Morgan fingerprint density at radius 1 is 1.29 bits per heavy atom. The Hall–Kier alpha value is -0.290. The highest BCUT2D eigenvalue weighted by Crippen LogP contribution is 2.33. The largest absolute Gasteiger partial charge is 0.228 e. The zero-order valence-corrected chi connectivity index (χ0v) is 9.70. The van der Waals surface area contributed by atoms with Crippen LogP contribution in [-0.4, -0.2) is 8.42 Å². The van der Waals surface area contributed by atoms with E-state index in [-0.39, 0.29) is 0 Å². The van der Waals surface area contributed by atoms with Crippen LogP contribution >= 0.6 is 23.2 Å². The van der Waals surface area contributed by atoms with Crippen molar-refractivity contribution in [1.82, 2.24) is 0 Å². The lowest BCUT2D eigenvalue weighted by molar-refractivity contribution is 0.588. The van der Waals surface area contributed by atoms with E-state index in [0.717, 1.165) is 0 Å². The monoisotopic (exact) mass is 253 g/mol. The molecule has 0 aliphatic carbocycles. The molecule has 14 heavy (non-hydrogen) atoms. The normalized spacial score (nSPS) is 14.0. The van der Waals surface area contributed by atoms with Crippen molar-refractivity contribution in [3.63, 3.8) is 0 Å². The highest BCUT2D eigenvalue weighted by atomic mass is 35.5. The number of rotatable bonds is 2. The Labute approximate surface area is 92.9 Å². The predicted molar refractivity (Wildman–Crippen MR) is 58.0 cm³/mol. The summed E-state index contributed by atoms with van der Waals surface area (Å²) in [5.74, 6) is 0. The van der Waals surface area contributed by atoms with Crippen molar-refractivity contribution in [3.8, 4) is 0 Å². The van der Waals surface area contributed by atoms with E-state index in [4.69, 9.17) is 28.3 Å². The van der Waals surface area contributed by atoms with Crippen LogP contribution in [0.1, 0.15) is 17.7 Å². The number of primary sulfonamides is 1. The van der Waals surface area contributed by atoms with Gasteiger partial charge in [-0.1, -0.05) is 29.3 Å². The van der Waals surface area contributed by atoms with E-state index in [9.17, 15) is 8.42 Å². The molecule has 6 heteroatoms. The maximum absolute atomic E-state index is 11.1. The maximum atomic E-state index is 11.1. The van der Waals surface area contributed by atoms with Crippen molar-refractivity contribution < 1.29 is 8.42 Å². The third-order valence-electron chi connectivity index (χ3n) is 1.90. The number of nitrogens with two attached hydrogens (primary N) is 1. The average molecular weight is 254 g/mol. The molecule has 0 unspecified atom stereocenters. The van der Waals surface area contributed by atoms with E-state index in [0.29, 0.717) is 15.6 Å². The molecule has 1 aromatic carbocycles. The molecule has 0 aromatic heterocycles. The second-order valence-electron chi connectivity index (χ2n) is 2.87. The van der Waals surface area contributed by atoms with E-state index in [1.165, 1.54) is 6.92 Å². The summed E-state index contributed by atoms with van der Waals surface area (Å²) in [7, 11) is -3.67. The van der Waals surface area contributed by atoms with Crippen LogP contribution < -0.4 is 5.14 Å². The van der Waals surface area contributed by atoms with Gasteiger partial charge >= 0.3 is 0 Å². The smallest absolute Gasteiger partial charge is 0.215 e. The summed E-state index contributed by atoms with van der Waals surface area (Å²) < 4.78 is 22.2. The van der Waals surface area contributed by atoms with Gasteiger partial charge in [-0.05, 0) is 19.1 Å². The molecule has 0 aliphatic rings. The SMILES string of the molecule is C[C@H](c1c(Cl)cccc1Cl)S(N)(=O)=O.